The number of esters is 1. The van der Waals surface area contributed by atoms with Crippen LogP contribution in [0.3, 0.4) is 0 Å². The van der Waals surface area contributed by atoms with Crippen molar-refractivity contribution in [2.24, 2.45) is 0 Å². The van der Waals surface area contributed by atoms with Crippen LogP contribution in [0.1, 0.15) is 18.1 Å². The average Bonchev–Trinajstić information content (AvgIpc) is 3.03. The average molecular weight is 349 g/mol. The predicted octanol–water partition coefficient (Wildman–Crippen LogP) is 1.59. The van der Waals surface area contributed by atoms with Gasteiger partial charge in [-0.1, -0.05) is 16.8 Å². The largest absolute Gasteiger partial charge is 0.469 e. The Kier molecular flexibility index (Phi) is 4.57. The molecule has 0 bridgehead atoms. The molecule has 9 heteroatoms. The van der Waals surface area contributed by atoms with Crippen LogP contribution >= 0.6 is 11.6 Å². The molecule has 1 aromatic carbocycles. The summed E-state index contributed by atoms with van der Waals surface area (Å²) >= 11 is 5.94. The summed E-state index contributed by atoms with van der Waals surface area (Å²) in [5, 5.41) is 4.37. The van der Waals surface area contributed by atoms with Crippen LogP contribution in [0, 0.1) is 0 Å². The van der Waals surface area contributed by atoms with Gasteiger partial charge < -0.3 is 9.26 Å². The summed E-state index contributed by atoms with van der Waals surface area (Å²) in [6.07, 6.45) is 1.65. The van der Waals surface area contributed by atoms with Gasteiger partial charge in [-0.3, -0.25) is 14.2 Å². The summed E-state index contributed by atoms with van der Waals surface area (Å²) in [4.78, 5) is 31.5. The molecule has 0 amide bonds. The molecule has 0 spiro atoms. The molecule has 0 radical (unpaired) electrons. The minimum atomic E-state index is -0.358. The number of hydrogen-bond acceptors (Lipinski definition) is 7. The number of ether oxygens (including phenoxy) is 1. The fraction of sp³-hybridized carbons (Fsp3) is 0.267. The first kappa shape index (κ1) is 16.1. The Balaban J connectivity index is 1.85. The number of aromatic nitrogens is 4. The fourth-order valence-electron chi connectivity index (χ4n) is 2.21. The fourth-order valence-corrected chi connectivity index (χ4v) is 2.38. The van der Waals surface area contributed by atoms with Crippen LogP contribution in [-0.2, 0) is 22.5 Å². The highest BCUT2D eigenvalue weighted by Gasteiger charge is 2.12. The Hall–Kier alpha value is -2.74. The van der Waals surface area contributed by atoms with Gasteiger partial charge in [-0.15, -0.1) is 0 Å². The number of hydrogen-bond donors (Lipinski definition) is 0. The van der Waals surface area contributed by atoms with Crippen molar-refractivity contribution in [2.45, 2.75) is 19.4 Å². The number of rotatable bonds is 5. The van der Waals surface area contributed by atoms with E-state index in [2.05, 4.69) is 19.9 Å². The van der Waals surface area contributed by atoms with Gasteiger partial charge in [0.05, 0.1) is 37.3 Å². The van der Waals surface area contributed by atoms with Gasteiger partial charge in [-0.2, -0.15) is 4.98 Å². The lowest BCUT2D eigenvalue weighted by Gasteiger charge is -2.07. The van der Waals surface area contributed by atoms with Crippen molar-refractivity contribution in [1.82, 2.24) is 19.7 Å². The van der Waals surface area contributed by atoms with E-state index < -0.39 is 0 Å². The van der Waals surface area contributed by atoms with Crippen molar-refractivity contribution in [1.29, 1.82) is 0 Å². The molecule has 2 heterocycles. The lowest BCUT2D eigenvalue weighted by atomic mass is 10.3. The van der Waals surface area contributed by atoms with E-state index in [1.807, 2.05) is 0 Å². The van der Waals surface area contributed by atoms with Crippen molar-refractivity contribution in [2.75, 3.05) is 7.11 Å². The van der Waals surface area contributed by atoms with E-state index in [-0.39, 0.29) is 30.9 Å². The van der Waals surface area contributed by atoms with Gasteiger partial charge in [0.25, 0.3) is 5.56 Å². The third-order valence-electron chi connectivity index (χ3n) is 3.39. The van der Waals surface area contributed by atoms with Crippen LogP contribution < -0.4 is 5.56 Å². The standard InChI is InChI=1S/C15H13ClN4O4/c1-23-15(22)5-4-13-18-12(19-24-13)8-20-11-3-2-9(16)6-10(11)17-7-14(20)21/h2-3,6-7H,4-5,8H2,1H3. The molecule has 0 N–H and O–H groups in total. The van der Waals surface area contributed by atoms with Crippen molar-refractivity contribution in [3.63, 3.8) is 0 Å². The summed E-state index contributed by atoms with van der Waals surface area (Å²) in [6, 6.07) is 5.06. The summed E-state index contributed by atoms with van der Waals surface area (Å²) in [5.41, 5.74) is 0.926. The van der Waals surface area contributed by atoms with Gasteiger partial charge in [0, 0.05) is 11.4 Å². The molecule has 0 saturated carbocycles. The molecule has 0 aliphatic heterocycles. The number of nitrogens with zero attached hydrogens (tertiary/aromatic N) is 4. The molecular formula is C15H13ClN4O4. The smallest absolute Gasteiger partial charge is 0.306 e. The molecule has 0 unspecified atom stereocenters. The first-order chi connectivity index (χ1) is 11.6. The van der Waals surface area contributed by atoms with Crippen molar-refractivity contribution < 1.29 is 14.1 Å². The molecule has 0 fully saturated rings. The molecular weight excluding hydrogens is 336 g/mol. The second kappa shape index (κ2) is 6.79. The number of carbonyl (C=O) groups excluding carboxylic acids is 1. The van der Waals surface area contributed by atoms with Crippen LogP contribution in [0.15, 0.2) is 33.7 Å². The Bertz CT molecular complexity index is 950. The molecule has 0 aliphatic carbocycles. The van der Waals surface area contributed by atoms with E-state index in [0.29, 0.717) is 27.8 Å². The van der Waals surface area contributed by atoms with Crippen molar-refractivity contribution in [3.8, 4) is 0 Å². The zero-order chi connectivity index (χ0) is 17.1. The highest BCUT2D eigenvalue weighted by molar-refractivity contribution is 6.31. The van der Waals surface area contributed by atoms with Gasteiger partial charge in [-0.05, 0) is 18.2 Å². The van der Waals surface area contributed by atoms with Crippen molar-refractivity contribution >= 4 is 28.6 Å². The molecule has 3 aromatic rings. The maximum atomic E-state index is 12.1. The van der Waals surface area contributed by atoms with Crippen molar-refractivity contribution in [3.05, 3.63) is 51.5 Å². The Morgan fingerprint density at radius 3 is 3.04 bits per heavy atom. The number of fused-ring (bicyclic) bond motifs is 1. The molecule has 0 saturated heterocycles. The SMILES string of the molecule is COC(=O)CCc1nc(Cn2c(=O)cnc3cc(Cl)ccc32)no1. The van der Waals surface area contributed by atoms with E-state index in [1.165, 1.54) is 17.9 Å². The highest BCUT2D eigenvalue weighted by atomic mass is 35.5. The van der Waals surface area contributed by atoms with Gasteiger partial charge >= 0.3 is 5.97 Å². The maximum Gasteiger partial charge on any atom is 0.306 e. The predicted molar refractivity (Wildman–Crippen MR) is 84.8 cm³/mol. The van der Waals surface area contributed by atoms with Gasteiger partial charge in [0.1, 0.15) is 0 Å². The first-order valence-corrected chi connectivity index (χ1v) is 7.48. The number of carbonyl (C=O) groups is 1. The number of benzene rings is 1. The Morgan fingerprint density at radius 1 is 1.42 bits per heavy atom. The topological polar surface area (TPSA) is 100 Å². The lowest BCUT2D eigenvalue weighted by Crippen LogP contribution is -2.21. The molecule has 0 aliphatic rings. The minimum Gasteiger partial charge on any atom is -0.469 e. The Labute approximate surface area is 141 Å². The third kappa shape index (κ3) is 3.43. The third-order valence-corrected chi connectivity index (χ3v) is 3.62. The van der Waals surface area contributed by atoms with Crippen LogP contribution in [0.5, 0.6) is 0 Å². The summed E-state index contributed by atoms with van der Waals surface area (Å²) in [7, 11) is 1.31. The molecule has 8 nitrogen and oxygen atoms in total. The molecule has 3 rings (SSSR count). The van der Waals surface area contributed by atoms with Gasteiger partial charge in [0.2, 0.25) is 5.89 Å². The van der Waals surface area contributed by atoms with Gasteiger partial charge in [0.15, 0.2) is 5.82 Å². The maximum absolute atomic E-state index is 12.1. The van der Waals surface area contributed by atoms with Crippen LogP contribution in [0.4, 0.5) is 0 Å². The second-order valence-electron chi connectivity index (χ2n) is 5.00. The summed E-state index contributed by atoms with van der Waals surface area (Å²) < 4.78 is 11.1. The Morgan fingerprint density at radius 2 is 2.25 bits per heavy atom. The van der Waals surface area contributed by atoms with E-state index in [1.54, 1.807) is 18.2 Å². The van der Waals surface area contributed by atoms with E-state index >= 15 is 0 Å². The van der Waals surface area contributed by atoms with E-state index in [4.69, 9.17) is 16.1 Å². The second-order valence-corrected chi connectivity index (χ2v) is 5.43. The number of aryl methyl sites for hydroxylation is 1. The highest BCUT2D eigenvalue weighted by Crippen LogP contribution is 2.16. The van der Waals surface area contributed by atoms with E-state index in [9.17, 15) is 9.59 Å². The number of methoxy groups -OCH3 is 1. The van der Waals surface area contributed by atoms with Crippen LogP contribution in [-0.4, -0.2) is 32.8 Å². The van der Waals surface area contributed by atoms with E-state index in [0.717, 1.165) is 0 Å². The molecule has 124 valence electrons. The summed E-state index contributed by atoms with van der Waals surface area (Å²) in [5.74, 6) is 0.284. The molecule has 2 aromatic heterocycles. The summed E-state index contributed by atoms with van der Waals surface area (Å²) in [6.45, 7) is 0.126. The van der Waals surface area contributed by atoms with Crippen LogP contribution in [0.25, 0.3) is 11.0 Å². The molecule has 0 atom stereocenters. The minimum absolute atomic E-state index is 0.126. The molecule has 24 heavy (non-hydrogen) atoms. The van der Waals surface area contributed by atoms with Gasteiger partial charge in [-0.25, -0.2) is 4.98 Å². The monoisotopic (exact) mass is 348 g/mol. The quantitative estimate of drug-likeness (QED) is 0.645. The normalized spacial score (nSPS) is 10.9. The van der Waals surface area contributed by atoms with Crippen LogP contribution in [0.2, 0.25) is 5.02 Å². The number of halogens is 1. The zero-order valence-corrected chi connectivity index (χ0v) is 13.5. The first-order valence-electron chi connectivity index (χ1n) is 7.10. The zero-order valence-electron chi connectivity index (χ0n) is 12.7. The lowest BCUT2D eigenvalue weighted by molar-refractivity contribution is -0.140.